The molecule has 37 heavy (non-hydrogen) atoms. The molecule has 0 aromatic carbocycles. The van der Waals surface area contributed by atoms with Crippen molar-refractivity contribution in [3.8, 4) is 5.75 Å². The molecule has 0 unspecified atom stereocenters. The number of nitrogens with one attached hydrogen (secondary N) is 1. The maximum atomic E-state index is 11.9. The number of aromatic nitrogens is 4. The van der Waals surface area contributed by atoms with Crippen LogP contribution in [0.25, 0.3) is 0 Å². The summed E-state index contributed by atoms with van der Waals surface area (Å²) in [5, 5.41) is 12.5. The molecule has 13 heteroatoms. The van der Waals surface area contributed by atoms with E-state index in [0.717, 1.165) is 25.7 Å². The molecule has 0 bridgehead atoms. The minimum atomic E-state index is -0.567. The number of hydrogen-bond acceptors (Lipinski definition) is 8. The van der Waals surface area contributed by atoms with Crippen LogP contribution in [0.1, 0.15) is 70.8 Å². The fourth-order valence-corrected chi connectivity index (χ4v) is 3.64. The quantitative estimate of drug-likeness (QED) is 0.358. The Morgan fingerprint density at radius 1 is 0.919 bits per heavy atom. The fraction of sp³-hybridized carbons (Fsp3) is 0.500. The Bertz CT molecular complexity index is 1210. The van der Waals surface area contributed by atoms with Gasteiger partial charge in [-0.2, -0.15) is 12.8 Å². The summed E-state index contributed by atoms with van der Waals surface area (Å²) in [5.41, 5.74) is -0.0346. The summed E-state index contributed by atoms with van der Waals surface area (Å²) in [7, 11) is 6.84. The van der Waals surface area contributed by atoms with Crippen molar-refractivity contribution in [1.82, 2.24) is 29.3 Å². The van der Waals surface area contributed by atoms with E-state index in [1.165, 1.54) is 16.4 Å². The van der Waals surface area contributed by atoms with E-state index >= 15 is 0 Å². The minimum absolute atomic E-state index is 0. The van der Waals surface area contributed by atoms with Crippen LogP contribution in [0.4, 0.5) is 0 Å². The van der Waals surface area contributed by atoms with Gasteiger partial charge in [-0.15, -0.1) is 0 Å². The Kier molecular flexibility index (Phi) is 15.9. The van der Waals surface area contributed by atoms with Crippen LogP contribution in [0.15, 0.2) is 9.59 Å². The molecule has 2 aliphatic rings. The zero-order valence-electron chi connectivity index (χ0n) is 22.4. The van der Waals surface area contributed by atoms with Crippen LogP contribution in [-0.2, 0) is 78.5 Å². The molecule has 0 aliphatic carbocycles. The summed E-state index contributed by atoms with van der Waals surface area (Å²) in [6, 6.07) is 0. The van der Waals surface area contributed by atoms with E-state index in [0.29, 0.717) is 36.0 Å². The maximum absolute atomic E-state index is 11.9. The van der Waals surface area contributed by atoms with Gasteiger partial charge in [0.15, 0.2) is 11.5 Å². The molecule has 0 fully saturated rings. The third kappa shape index (κ3) is 8.82. The van der Waals surface area contributed by atoms with Crippen molar-refractivity contribution < 1.29 is 80.1 Å². The van der Waals surface area contributed by atoms with Gasteiger partial charge in [-0.05, 0) is 32.7 Å². The molecular formula is C24H34N6O5Y2-2. The Balaban J connectivity index is 0.000000607. The molecule has 198 valence electrons. The molecule has 0 atom stereocenters. The Morgan fingerprint density at radius 2 is 1.35 bits per heavy atom. The number of hydrogen-bond donors (Lipinski definition) is 2. The number of aromatic hydroxyl groups is 1. The van der Waals surface area contributed by atoms with Crippen molar-refractivity contribution in [3.63, 3.8) is 0 Å². The van der Waals surface area contributed by atoms with Gasteiger partial charge in [-0.25, -0.2) is 0 Å². The molecule has 4 heterocycles. The van der Waals surface area contributed by atoms with Gasteiger partial charge in [0.2, 0.25) is 5.75 Å². The van der Waals surface area contributed by atoms with E-state index in [9.17, 15) is 24.3 Å². The third-order valence-corrected chi connectivity index (χ3v) is 5.37. The number of rotatable bonds is 2. The Hall–Kier alpha value is -1.39. The van der Waals surface area contributed by atoms with Crippen LogP contribution in [0, 0.1) is 19.8 Å². The summed E-state index contributed by atoms with van der Waals surface area (Å²) >= 11 is 0. The SMILES string of the molecule is CC(=O)c1nc2n(c(=O)c1C)CCC[CH-]2.CN(C)C(=O)c1nc2n(c(=O)c1O)CCC[CH-]2.CNC.[Y].[Y]. The monoisotopic (exact) mass is 664 g/mol. The van der Waals surface area contributed by atoms with Crippen molar-refractivity contribution in [2.75, 3.05) is 28.2 Å². The van der Waals surface area contributed by atoms with Gasteiger partial charge < -0.3 is 37.3 Å². The average Bonchev–Trinajstić information content (AvgIpc) is 2.84. The second-order valence-electron chi connectivity index (χ2n) is 8.47. The summed E-state index contributed by atoms with van der Waals surface area (Å²) in [6.07, 6.45) is 7.27. The van der Waals surface area contributed by atoms with E-state index in [-0.39, 0.29) is 82.5 Å². The molecule has 0 spiro atoms. The summed E-state index contributed by atoms with van der Waals surface area (Å²) in [5.74, 6) is -0.0806. The topological polar surface area (TPSA) is 139 Å². The molecule has 2 N–H and O–H groups in total. The number of Topliss-reactive ketones (excluding diaryl/α,β-unsaturated/α-hetero) is 1. The normalized spacial score (nSPS) is 12.6. The first kappa shape index (κ1) is 35.6. The number of carbonyl (C=O) groups excluding carboxylic acids is 2. The number of nitrogens with zero attached hydrogens (tertiary/aromatic N) is 5. The van der Waals surface area contributed by atoms with Gasteiger partial charge in [0, 0.05) is 105 Å². The first-order valence-electron chi connectivity index (χ1n) is 11.5. The van der Waals surface area contributed by atoms with Crippen molar-refractivity contribution in [2.24, 2.45) is 0 Å². The second-order valence-corrected chi connectivity index (χ2v) is 8.47. The van der Waals surface area contributed by atoms with Crippen molar-refractivity contribution in [3.05, 3.63) is 62.1 Å². The zero-order valence-corrected chi connectivity index (χ0v) is 28.0. The fourth-order valence-electron chi connectivity index (χ4n) is 3.64. The van der Waals surface area contributed by atoms with Gasteiger partial charge in [0.05, 0.1) is 0 Å². The van der Waals surface area contributed by atoms with Crippen molar-refractivity contribution in [2.45, 2.75) is 52.6 Å². The van der Waals surface area contributed by atoms with E-state index < -0.39 is 17.2 Å². The number of fused-ring (bicyclic) bond motifs is 2. The van der Waals surface area contributed by atoms with Gasteiger partial charge in [-0.3, -0.25) is 29.1 Å². The van der Waals surface area contributed by atoms with Crippen LogP contribution in [0.3, 0.4) is 0 Å². The van der Waals surface area contributed by atoms with Gasteiger partial charge in [0.1, 0.15) is 5.69 Å². The number of carbonyl (C=O) groups is 2. The van der Waals surface area contributed by atoms with Crippen molar-refractivity contribution in [1.29, 1.82) is 0 Å². The molecule has 2 aliphatic heterocycles. The minimum Gasteiger partial charge on any atom is -0.501 e. The molecule has 4 rings (SSSR count). The summed E-state index contributed by atoms with van der Waals surface area (Å²) < 4.78 is 3.04. The average molecular weight is 664 g/mol. The standard InChI is InChI=1S/C11H14N3O3.C11H13N2O2.C2H7N.2Y/c1-13(2)10(16)8-9(15)11(17)14-6-4-3-5-7(14)12-8;1-7-10(8(2)14)12-9-5-3-4-6-13(9)11(7)15;1-3-2;;/h5,15H,3-4,6H2,1-2H3;5H,3-4,6H2,1-2H3;3H,1-2H3;;/q2*-1;;;. The molecule has 0 saturated heterocycles. The van der Waals surface area contributed by atoms with Gasteiger partial charge in [-0.1, -0.05) is 12.8 Å². The molecule has 2 radical (unpaired) electrons. The smallest absolute Gasteiger partial charge is 0.294 e. The molecule has 0 saturated carbocycles. The first-order valence-corrected chi connectivity index (χ1v) is 11.5. The Morgan fingerprint density at radius 3 is 1.78 bits per heavy atom. The second kappa shape index (κ2) is 16.5. The predicted molar refractivity (Wildman–Crippen MR) is 132 cm³/mol. The van der Waals surface area contributed by atoms with Crippen LogP contribution in [0.5, 0.6) is 5.75 Å². The largest absolute Gasteiger partial charge is 0.501 e. The van der Waals surface area contributed by atoms with Crippen LogP contribution >= 0.6 is 0 Å². The number of ketones is 1. The number of amides is 1. The predicted octanol–water partition coefficient (Wildman–Crippen LogP) is 0.928. The molecule has 1 amide bonds. The third-order valence-electron chi connectivity index (χ3n) is 5.37. The summed E-state index contributed by atoms with van der Waals surface area (Å²) in [6.45, 7) is 4.33. The summed E-state index contributed by atoms with van der Waals surface area (Å²) in [4.78, 5) is 56.3. The van der Waals surface area contributed by atoms with Crippen LogP contribution in [-0.4, -0.2) is 69.0 Å². The van der Waals surface area contributed by atoms with Crippen LogP contribution in [0.2, 0.25) is 0 Å². The van der Waals surface area contributed by atoms with Crippen molar-refractivity contribution >= 4 is 11.7 Å². The van der Waals surface area contributed by atoms with Gasteiger partial charge in [0.25, 0.3) is 17.0 Å². The van der Waals surface area contributed by atoms with Crippen LogP contribution < -0.4 is 16.4 Å². The molecule has 2 aromatic heterocycles. The first-order chi connectivity index (χ1) is 16.5. The van der Waals surface area contributed by atoms with E-state index in [1.807, 2.05) is 20.5 Å². The molecule has 2 aromatic rings. The Labute approximate surface area is 267 Å². The molecular weight excluding hydrogens is 630 g/mol. The maximum Gasteiger partial charge on any atom is 0.294 e. The van der Waals surface area contributed by atoms with Gasteiger partial charge >= 0.3 is 0 Å². The molecule has 11 nitrogen and oxygen atoms in total. The van der Waals surface area contributed by atoms with E-state index in [2.05, 4.69) is 15.3 Å². The van der Waals surface area contributed by atoms with E-state index in [1.54, 1.807) is 32.0 Å². The van der Waals surface area contributed by atoms with E-state index in [4.69, 9.17) is 0 Å². The zero-order chi connectivity index (χ0) is 26.3.